The van der Waals surface area contributed by atoms with Gasteiger partial charge >= 0.3 is 27.0 Å². The maximum atomic E-state index is 5.87. The van der Waals surface area contributed by atoms with Crippen molar-refractivity contribution in [3.63, 3.8) is 0 Å². The number of hydrogen-bond donors (Lipinski definition) is 0. The standard InChI is InChI=1S/C23H35O4.ClH.Zn/c1-17(2)20-10-8-18(3)13-21(20)22-14-19(7-6-12-26-15-24-4)9-11-23(22)27-16-25-5;;/h9,13-14,17,20-21H,6-8,10,12,15-16H2,1-5H3;1H;/q-1;;+2/p-1/t20-,21+;;/m0../s1. The van der Waals surface area contributed by atoms with E-state index in [9.17, 15) is 0 Å². The summed E-state index contributed by atoms with van der Waals surface area (Å²) in [5.41, 5.74) is 3.97. The van der Waals surface area contributed by atoms with Crippen molar-refractivity contribution < 1.29 is 36.3 Å². The summed E-state index contributed by atoms with van der Waals surface area (Å²) in [5.74, 6) is 2.43. The van der Waals surface area contributed by atoms with Gasteiger partial charge in [0.05, 0.1) is 0 Å². The van der Waals surface area contributed by atoms with E-state index in [1.54, 1.807) is 14.2 Å². The Balaban J connectivity index is 0.00000204. The summed E-state index contributed by atoms with van der Waals surface area (Å²) in [5, 5.41) is 0. The van der Waals surface area contributed by atoms with Crippen LogP contribution in [0.1, 0.15) is 57.1 Å². The zero-order valence-corrected chi connectivity index (χ0v) is 22.4. The van der Waals surface area contributed by atoms with E-state index >= 15 is 0 Å². The first-order valence-electron chi connectivity index (χ1n) is 10.2. The van der Waals surface area contributed by atoms with Crippen molar-refractivity contribution in [2.24, 2.45) is 11.8 Å². The molecule has 0 radical (unpaired) electrons. The van der Waals surface area contributed by atoms with Gasteiger partial charge in [-0.1, -0.05) is 31.9 Å². The summed E-state index contributed by atoms with van der Waals surface area (Å²) in [7, 11) is 8.06. The molecule has 0 saturated carbocycles. The van der Waals surface area contributed by atoms with Gasteiger partial charge in [-0.3, -0.25) is 0 Å². The molecule has 2 atom stereocenters. The van der Waals surface area contributed by atoms with Gasteiger partial charge in [-0.25, -0.2) is 0 Å². The van der Waals surface area contributed by atoms with E-state index in [0.717, 1.165) is 35.9 Å². The van der Waals surface area contributed by atoms with E-state index in [1.165, 1.54) is 29.5 Å². The van der Waals surface area contributed by atoms with Crippen LogP contribution < -0.4 is 4.74 Å². The fourth-order valence-corrected chi connectivity index (χ4v) is 3.86. The van der Waals surface area contributed by atoms with E-state index in [4.69, 9.17) is 28.6 Å². The minimum absolute atomic E-state index is 0.246. The van der Waals surface area contributed by atoms with Gasteiger partial charge in [0, 0.05) is 26.6 Å². The Bertz CT molecular complexity index is 607. The average molecular weight is 476 g/mol. The number of halogens is 1. The fourth-order valence-electron chi connectivity index (χ4n) is 3.86. The number of allylic oxidation sites excluding steroid dienone is 2. The summed E-state index contributed by atoms with van der Waals surface area (Å²) < 4.78 is 21.3. The van der Waals surface area contributed by atoms with Crippen LogP contribution in [0.15, 0.2) is 23.8 Å². The van der Waals surface area contributed by atoms with Crippen molar-refractivity contribution in [3.05, 3.63) is 41.0 Å². The van der Waals surface area contributed by atoms with Crippen LogP contribution in [0.5, 0.6) is 5.75 Å². The molecule has 0 spiro atoms. The fraction of sp³-hybridized carbons (Fsp3) is 0.652. The van der Waals surface area contributed by atoms with Crippen molar-refractivity contribution in [2.75, 3.05) is 34.4 Å². The van der Waals surface area contributed by atoms with Crippen LogP contribution in [-0.2, 0) is 37.9 Å². The van der Waals surface area contributed by atoms with Crippen LogP contribution in [0.3, 0.4) is 0 Å². The van der Waals surface area contributed by atoms with Crippen molar-refractivity contribution in [3.8, 4) is 5.75 Å². The predicted molar refractivity (Wildman–Crippen MR) is 114 cm³/mol. The molecule has 0 aliphatic heterocycles. The Hall–Kier alpha value is -0.447. The van der Waals surface area contributed by atoms with Crippen molar-refractivity contribution in [1.29, 1.82) is 0 Å². The van der Waals surface area contributed by atoms with Crippen molar-refractivity contribution >= 4 is 9.69 Å². The second kappa shape index (κ2) is 15.4. The van der Waals surface area contributed by atoms with Gasteiger partial charge in [-0.2, -0.15) is 17.7 Å². The Labute approximate surface area is 191 Å². The topological polar surface area (TPSA) is 36.9 Å². The second-order valence-corrected chi connectivity index (χ2v) is 7.75. The van der Waals surface area contributed by atoms with Crippen molar-refractivity contribution in [2.45, 2.75) is 52.4 Å². The number of methoxy groups -OCH3 is 2. The van der Waals surface area contributed by atoms with Gasteiger partial charge in [0.1, 0.15) is 6.79 Å². The van der Waals surface area contributed by atoms with Crippen LogP contribution in [-0.4, -0.2) is 34.4 Å². The molecule has 29 heavy (non-hydrogen) atoms. The van der Waals surface area contributed by atoms with Gasteiger partial charge in [-0.05, 0) is 43.9 Å². The number of benzene rings is 1. The predicted octanol–water partition coefficient (Wildman–Crippen LogP) is 5.81. The van der Waals surface area contributed by atoms with Crippen LogP contribution in [0, 0.1) is 17.9 Å². The summed E-state index contributed by atoms with van der Waals surface area (Å²) in [6.45, 7) is 8.17. The molecule has 2 rings (SSSR count). The quantitative estimate of drug-likeness (QED) is 0.133. The maximum absolute atomic E-state index is 5.87. The molecule has 0 aromatic heterocycles. The number of hydrogen-bond acceptors (Lipinski definition) is 4. The molecule has 1 aliphatic rings. The van der Waals surface area contributed by atoms with Crippen LogP contribution in [0.4, 0.5) is 0 Å². The summed E-state index contributed by atoms with van der Waals surface area (Å²) >= 11 is 0.847. The van der Waals surface area contributed by atoms with E-state index in [2.05, 4.69) is 39.0 Å². The minimum atomic E-state index is 0.246. The molecule has 0 saturated heterocycles. The van der Waals surface area contributed by atoms with E-state index in [-0.39, 0.29) is 6.79 Å². The first kappa shape index (κ1) is 26.6. The number of rotatable bonds is 11. The third-order valence-electron chi connectivity index (χ3n) is 5.28. The molecular weight excluding hydrogens is 441 g/mol. The second-order valence-electron chi connectivity index (χ2n) is 7.75. The van der Waals surface area contributed by atoms with Gasteiger partial charge in [0.2, 0.25) is 0 Å². The van der Waals surface area contributed by atoms with Gasteiger partial charge in [0.25, 0.3) is 0 Å². The van der Waals surface area contributed by atoms with Crippen molar-refractivity contribution in [1.82, 2.24) is 0 Å². The molecule has 0 bridgehead atoms. The molecule has 0 fully saturated rings. The Morgan fingerprint density at radius 1 is 1.21 bits per heavy atom. The summed E-state index contributed by atoms with van der Waals surface area (Å²) in [4.78, 5) is 0. The number of aryl methyl sites for hydroxylation is 1. The Morgan fingerprint density at radius 2 is 1.93 bits per heavy atom. The molecule has 6 heteroatoms. The van der Waals surface area contributed by atoms with Gasteiger partial charge in [-0.15, -0.1) is 11.6 Å². The number of ether oxygens (including phenoxy) is 4. The monoisotopic (exact) mass is 474 g/mol. The molecule has 1 aliphatic carbocycles. The van der Waals surface area contributed by atoms with Gasteiger partial charge in [0.15, 0.2) is 6.79 Å². The van der Waals surface area contributed by atoms with E-state index in [0.29, 0.717) is 31.2 Å². The Kier molecular flexibility index (Phi) is 14.1. The third kappa shape index (κ3) is 9.06. The van der Waals surface area contributed by atoms with Gasteiger partial charge < -0.3 is 18.9 Å². The van der Waals surface area contributed by atoms with Crippen LogP contribution >= 0.6 is 9.69 Å². The summed E-state index contributed by atoms with van der Waals surface area (Å²) in [6.07, 6.45) is 6.77. The zero-order valence-electron chi connectivity index (χ0n) is 18.6. The molecule has 160 valence electrons. The van der Waals surface area contributed by atoms with Crippen LogP contribution in [0.2, 0.25) is 0 Å². The molecule has 0 unspecified atom stereocenters. The average Bonchev–Trinajstić information content (AvgIpc) is 2.73. The SMILES string of the molecule is COCOCCCc1c[c-]c(OCOC)c([C@@H]2C=C(C)CC[C@H]2C(C)C)c1.[Cl][Zn+]. The third-order valence-corrected chi connectivity index (χ3v) is 5.28. The van der Waals surface area contributed by atoms with E-state index in [1.807, 2.05) is 6.07 Å². The molecular formula is C23H35ClO4Zn. The molecule has 0 N–H and O–H groups in total. The molecule has 4 nitrogen and oxygen atoms in total. The Morgan fingerprint density at radius 3 is 2.59 bits per heavy atom. The molecule has 0 amide bonds. The molecule has 1 aromatic rings. The summed E-state index contributed by atoms with van der Waals surface area (Å²) in [6, 6.07) is 7.70. The first-order chi connectivity index (χ1) is 14.1. The first-order valence-corrected chi connectivity index (χ1v) is 14.1. The normalized spacial score (nSPS) is 18.9. The molecule has 0 heterocycles. The molecule has 1 aromatic carbocycles. The van der Waals surface area contributed by atoms with Crippen LogP contribution in [0.25, 0.3) is 0 Å². The zero-order chi connectivity index (χ0) is 21.6. The van der Waals surface area contributed by atoms with E-state index < -0.39 is 0 Å².